The molecule has 0 bridgehead atoms. The number of hydrogen-bond acceptors (Lipinski definition) is 1. The summed E-state index contributed by atoms with van der Waals surface area (Å²) in [6, 6.07) is 8.77. The summed E-state index contributed by atoms with van der Waals surface area (Å²) in [5.41, 5.74) is 2.57. The Kier molecular flexibility index (Phi) is 6.07. The van der Waals surface area contributed by atoms with Gasteiger partial charge in [-0.25, -0.2) is 0 Å². The first-order valence-electron chi connectivity index (χ1n) is 7.22. The monoisotopic (exact) mass is 262 g/mol. The van der Waals surface area contributed by atoms with Crippen molar-refractivity contribution in [2.75, 3.05) is 0 Å². The van der Waals surface area contributed by atoms with Crippen LogP contribution in [0.3, 0.4) is 0 Å². The predicted octanol–water partition coefficient (Wildman–Crippen LogP) is 4.46. The van der Waals surface area contributed by atoms with Crippen LogP contribution in [-0.2, 0) is 17.6 Å². The fraction of sp³-hybridized carbons (Fsp3) is 0.588. The van der Waals surface area contributed by atoms with E-state index in [0.717, 1.165) is 19.3 Å². The summed E-state index contributed by atoms with van der Waals surface area (Å²) in [5, 5.41) is 8.87. The molecular formula is C17H26O2. The van der Waals surface area contributed by atoms with Crippen LogP contribution < -0.4 is 0 Å². The van der Waals surface area contributed by atoms with Crippen molar-refractivity contribution in [3.05, 3.63) is 35.4 Å². The van der Waals surface area contributed by atoms with E-state index in [1.807, 2.05) is 13.8 Å². The van der Waals surface area contributed by atoms with Crippen LogP contribution in [0.4, 0.5) is 0 Å². The average Bonchev–Trinajstić information content (AvgIpc) is 2.34. The van der Waals surface area contributed by atoms with E-state index in [9.17, 15) is 4.79 Å². The van der Waals surface area contributed by atoms with E-state index in [1.54, 1.807) is 0 Å². The first kappa shape index (κ1) is 15.7. The lowest BCUT2D eigenvalue weighted by atomic mass is 9.83. The van der Waals surface area contributed by atoms with Gasteiger partial charge in [0.15, 0.2) is 0 Å². The van der Waals surface area contributed by atoms with E-state index >= 15 is 0 Å². The molecule has 106 valence electrons. The summed E-state index contributed by atoms with van der Waals surface area (Å²) in [4.78, 5) is 10.8. The fourth-order valence-electron chi connectivity index (χ4n) is 2.23. The molecule has 19 heavy (non-hydrogen) atoms. The molecule has 0 spiro atoms. The van der Waals surface area contributed by atoms with Gasteiger partial charge in [0.1, 0.15) is 0 Å². The summed E-state index contributed by atoms with van der Waals surface area (Å²) in [5.74, 6) is -0.708. The molecule has 1 rings (SSSR count). The number of carboxylic acid groups (broad SMARTS) is 1. The van der Waals surface area contributed by atoms with Crippen molar-refractivity contribution in [3.8, 4) is 0 Å². The second-order valence-electron chi connectivity index (χ2n) is 6.15. The molecular weight excluding hydrogens is 236 g/mol. The van der Waals surface area contributed by atoms with Crippen LogP contribution in [0.25, 0.3) is 0 Å². The lowest BCUT2D eigenvalue weighted by Crippen LogP contribution is -2.17. The van der Waals surface area contributed by atoms with Gasteiger partial charge in [-0.1, -0.05) is 51.5 Å². The molecule has 0 aromatic heterocycles. The van der Waals surface area contributed by atoms with Gasteiger partial charge in [0, 0.05) is 0 Å². The summed E-state index contributed by atoms with van der Waals surface area (Å²) < 4.78 is 0. The predicted molar refractivity (Wildman–Crippen MR) is 79.4 cm³/mol. The van der Waals surface area contributed by atoms with Crippen LogP contribution in [0.15, 0.2) is 24.3 Å². The topological polar surface area (TPSA) is 37.3 Å². The number of carbonyl (C=O) groups is 1. The largest absolute Gasteiger partial charge is 0.481 e. The van der Waals surface area contributed by atoms with Gasteiger partial charge in [-0.2, -0.15) is 0 Å². The standard InChI is InChI=1S/C17H26O2/c1-4-5-6-14-7-9-15(10-8-14)11-12-17(2,3)13-16(18)19/h7-10H,4-6,11-13H2,1-3H3,(H,18,19). The third-order valence-corrected chi connectivity index (χ3v) is 3.56. The lowest BCUT2D eigenvalue weighted by molar-refractivity contribution is -0.139. The van der Waals surface area contributed by atoms with Gasteiger partial charge >= 0.3 is 5.97 Å². The van der Waals surface area contributed by atoms with E-state index in [4.69, 9.17) is 5.11 Å². The quantitative estimate of drug-likeness (QED) is 0.751. The Bertz CT molecular complexity index is 390. The minimum Gasteiger partial charge on any atom is -0.481 e. The highest BCUT2D eigenvalue weighted by Gasteiger charge is 2.21. The van der Waals surface area contributed by atoms with Crippen LogP contribution in [-0.4, -0.2) is 11.1 Å². The van der Waals surface area contributed by atoms with Gasteiger partial charge < -0.3 is 5.11 Å². The third kappa shape index (κ3) is 6.42. The summed E-state index contributed by atoms with van der Waals surface area (Å²) in [7, 11) is 0. The number of aliphatic carboxylic acids is 1. The molecule has 0 unspecified atom stereocenters. The molecule has 1 aromatic carbocycles. The van der Waals surface area contributed by atoms with Crippen molar-refractivity contribution in [2.24, 2.45) is 5.41 Å². The van der Waals surface area contributed by atoms with Crippen LogP contribution >= 0.6 is 0 Å². The van der Waals surface area contributed by atoms with Crippen LogP contribution in [0.2, 0.25) is 0 Å². The SMILES string of the molecule is CCCCc1ccc(CCC(C)(C)CC(=O)O)cc1. The highest BCUT2D eigenvalue weighted by Crippen LogP contribution is 2.27. The van der Waals surface area contributed by atoms with Gasteiger partial charge in [0.05, 0.1) is 6.42 Å². The minimum atomic E-state index is -0.708. The Morgan fingerprint density at radius 3 is 2.11 bits per heavy atom. The Balaban J connectivity index is 2.47. The number of carboxylic acids is 1. The molecule has 0 saturated heterocycles. The molecule has 1 N–H and O–H groups in total. The molecule has 0 amide bonds. The number of hydrogen-bond donors (Lipinski definition) is 1. The van der Waals surface area contributed by atoms with Crippen LogP contribution in [0.5, 0.6) is 0 Å². The zero-order valence-electron chi connectivity index (χ0n) is 12.4. The zero-order valence-corrected chi connectivity index (χ0v) is 12.4. The van der Waals surface area contributed by atoms with Gasteiger partial charge in [-0.3, -0.25) is 4.79 Å². The molecule has 0 aliphatic heterocycles. The Morgan fingerprint density at radius 2 is 1.63 bits per heavy atom. The maximum absolute atomic E-state index is 10.8. The Hall–Kier alpha value is -1.31. The van der Waals surface area contributed by atoms with E-state index in [1.165, 1.54) is 24.0 Å². The summed E-state index contributed by atoms with van der Waals surface area (Å²) in [6.45, 7) is 6.26. The van der Waals surface area contributed by atoms with E-state index < -0.39 is 5.97 Å². The molecule has 2 nitrogen and oxygen atoms in total. The molecule has 0 saturated carbocycles. The highest BCUT2D eigenvalue weighted by atomic mass is 16.4. The van der Waals surface area contributed by atoms with Crippen molar-refractivity contribution in [1.82, 2.24) is 0 Å². The van der Waals surface area contributed by atoms with Gasteiger partial charge in [0.2, 0.25) is 0 Å². The molecule has 2 heteroatoms. The molecule has 0 fully saturated rings. The van der Waals surface area contributed by atoms with Gasteiger partial charge in [-0.15, -0.1) is 0 Å². The molecule has 0 atom stereocenters. The van der Waals surface area contributed by atoms with Gasteiger partial charge in [0.25, 0.3) is 0 Å². The van der Waals surface area contributed by atoms with Crippen molar-refractivity contribution >= 4 is 5.97 Å². The van der Waals surface area contributed by atoms with E-state index in [-0.39, 0.29) is 11.8 Å². The Labute approximate surface area is 116 Å². The average molecular weight is 262 g/mol. The molecule has 1 aromatic rings. The normalized spacial score (nSPS) is 11.5. The van der Waals surface area contributed by atoms with E-state index in [2.05, 4.69) is 31.2 Å². The van der Waals surface area contributed by atoms with Crippen molar-refractivity contribution < 1.29 is 9.90 Å². The first-order chi connectivity index (χ1) is 8.93. The van der Waals surface area contributed by atoms with Gasteiger partial charge in [-0.05, 0) is 42.2 Å². The smallest absolute Gasteiger partial charge is 0.303 e. The number of rotatable bonds is 8. The summed E-state index contributed by atoms with van der Waals surface area (Å²) in [6.07, 6.45) is 5.72. The third-order valence-electron chi connectivity index (χ3n) is 3.56. The zero-order chi connectivity index (χ0) is 14.3. The van der Waals surface area contributed by atoms with Crippen molar-refractivity contribution in [1.29, 1.82) is 0 Å². The maximum atomic E-state index is 10.8. The fourth-order valence-corrected chi connectivity index (χ4v) is 2.23. The second-order valence-corrected chi connectivity index (χ2v) is 6.15. The highest BCUT2D eigenvalue weighted by molar-refractivity contribution is 5.67. The molecule has 0 radical (unpaired) electrons. The molecule has 0 aliphatic carbocycles. The first-order valence-corrected chi connectivity index (χ1v) is 7.22. The lowest BCUT2D eigenvalue weighted by Gasteiger charge is -2.22. The minimum absolute atomic E-state index is 0.132. The number of benzene rings is 1. The maximum Gasteiger partial charge on any atom is 0.303 e. The van der Waals surface area contributed by atoms with E-state index in [0.29, 0.717) is 0 Å². The molecule has 0 heterocycles. The van der Waals surface area contributed by atoms with Crippen LogP contribution in [0, 0.1) is 5.41 Å². The number of aryl methyl sites for hydroxylation is 2. The van der Waals surface area contributed by atoms with Crippen molar-refractivity contribution in [2.45, 2.75) is 59.3 Å². The van der Waals surface area contributed by atoms with Crippen molar-refractivity contribution in [3.63, 3.8) is 0 Å². The Morgan fingerprint density at radius 1 is 1.11 bits per heavy atom. The summed E-state index contributed by atoms with van der Waals surface area (Å²) >= 11 is 0. The number of unbranched alkanes of at least 4 members (excludes halogenated alkanes) is 1. The van der Waals surface area contributed by atoms with Crippen LogP contribution in [0.1, 0.15) is 57.6 Å². The second kappa shape index (κ2) is 7.32. The molecule has 0 aliphatic rings.